The van der Waals surface area contributed by atoms with Gasteiger partial charge in [-0.05, 0) is 31.0 Å². The van der Waals surface area contributed by atoms with Crippen molar-refractivity contribution >= 4 is 46.6 Å². The van der Waals surface area contributed by atoms with Gasteiger partial charge in [-0.15, -0.1) is 0 Å². The van der Waals surface area contributed by atoms with E-state index in [1.165, 1.54) is 31.6 Å². The van der Waals surface area contributed by atoms with Gasteiger partial charge in [0.2, 0.25) is 5.91 Å². The zero-order valence-corrected chi connectivity index (χ0v) is 21.6. The summed E-state index contributed by atoms with van der Waals surface area (Å²) in [6.45, 7) is 1.24. The van der Waals surface area contributed by atoms with Gasteiger partial charge >= 0.3 is 18.0 Å². The van der Waals surface area contributed by atoms with Crippen molar-refractivity contribution in [3.63, 3.8) is 0 Å². The van der Waals surface area contributed by atoms with Crippen molar-refractivity contribution in [2.75, 3.05) is 0 Å². The molecular formula is C23H14Cl3F7N4O2. The minimum Gasteiger partial charge on any atom is -0.276 e. The Morgan fingerprint density at radius 2 is 1.49 bits per heavy atom. The smallest absolute Gasteiger partial charge is 0.276 e. The third kappa shape index (κ3) is 5.19. The number of nitrogens with zero attached hydrogens (tertiary/aromatic N) is 4. The molecule has 6 nitrogen and oxygen atoms in total. The summed E-state index contributed by atoms with van der Waals surface area (Å²) in [4.78, 5) is 30.0. The van der Waals surface area contributed by atoms with Gasteiger partial charge in [-0.3, -0.25) is 14.5 Å². The average molecular weight is 618 g/mol. The fourth-order valence-corrected chi connectivity index (χ4v) is 4.69. The minimum atomic E-state index is -6.35. The summed E-state index contributed by atoms with van der Waals surface area (Å²) in [5.41, 5.74) is -7.47. The van der Waals surface area contributed by atoms with Crippen LogP contribution < -0.4 is 0 Å². The molecule has 0 atom stereocenters. The monoisotopic (exact) mass is 616 g/mol. The highest BCUT2D eigenvalue weighted by Gasteiger charge is 2.73. The van der Waals surface area contributed by atoms with E-state index in [1.54, 1.807) is 0 Å². The van der Waals surface area contributed by atoms with Crippen LogP contribution >= 0.6 is 34.8 Å². The maximum Gasteiger partial charge on any atom is 0.435 e. The van der Waals surface area contributed by atoms with Gasteiger partial charge in [-0.25, -0.2) is 14.1 Å². The molecule has 1 fully saturated rings. The highest BCUT2D eigenvalue weighted by atomic mass is 35.5. The predicted octanol–water partition coefficient (Wildman–Crippen LogP) is 7.34. The van der Waals surface area contributed by atoms with Crippen molar-refractivity contribution in [1.82, 2.24) is 19.7 Å². The Bertz CT molecular complexity index is 1430. The van der Waals surface area contributed by atoms with E-state index in [4.69, 9.17) is 34.8 Å². The lowest BCUT2D eigenvalue weighted by atomic mass is 9.94. The molecule has 3 aromatic rings. The van der Waals surface area contributed by atoms with Gasteiger partial charge in [-0.2, -0.15) is 31.4 Å². The largest absolute Gasteiger partial charge is 0.435 e. The first kappa shape index (κ1) is 29.1. The molecule has 0 spiro atoms. The predicted molar refractivity (Wildman–Crippen MR) is 127 cm³/mol. The van der Waals surface area contributed by atoms with E-state index in [9.17, 15) is 40.3 Å². The molecule has 1 aromatic carbocycles. The van der Waals surface area contributed by atoms with E-state index in [2.05, 4.69) is 10.1 Å². The van der Waals surface area contributed by atoms with Crippen molar-refractivity contribution < 1.29 is 40.3 Å². The number of halogens is 10. The lowest BCUT2D eigenvalue weighted by Gasteiger charge is -2.30. The maximum atomic E-state index is 14.5. The SMILES string of the molecule is CC(=O)N(C(=O)c1cc(-c2cnn(-c3c(Cl)cc(C(F)(C(F)(F)F)C(F)(F)F)cc3Cl)c2)cnc1Cl)C1CC1. The van der Waals surface area contributed by atoms with Crippen LogP contribution in [0.5, 0.6) is 0 Å². The van der Waals surface area contributed by atoms with Gasteiger partial charge in [0.05, 0.1) is 21.8 Å². The fourth-order valence-electron chi connectivity index (χ4n) is 3.85. The molecule has 2 amide bonds. The molecule has 208 valence electrons. The number of amides is 2. The Hall–Kier alpha value is -2.90. The fraction of sp³-hybridized carbons (Fsp3) is 0.304. The van der Waals surface area contributed by atoms with Gasteiger partial charge in [0.15, 0.2) is 0 Å². The van der Waals surface area contributed by atoms with E-state index in [0.717, 1.165) is 9.58 Å². The van der Waals surface area contributed by atoms with Gasteiger partial charge in [0.1, 0.15) is 10.8 Å². The third-order valence-electron chi connectivity index (χ3n) is 5.88. The molecule has 2 aromatic heterocycles. The highest BCUT2D eigenvalue weighted by molar-refractivity contribution is 6.38. The second-order valence-electron chi connectivity index (χ2n) is 8.60. The number of hydrogen-bond acceptors (Lipinski definition) is 4. The number of rotatable bonds is 5. The lowest BCUT2D eigenvalue weighted by molar-refractivity contribution is -0.348. The first-order chi connectivity index (χ1) is 18.0. The molecule has 1 aliphatic rings. The number of hydrogen-bond donors (Lipinski definition) is 0. The Labute approximate surface area is 230 Å². The van der Waals surface area contributed by atoms with Crippen molar-refractivity contribution in [1.29, 1.82) is 0 Å². The number of benzene rings is 1. The topological polar surface area (TPSA) is 68.1 Å². The normalized spacial score (nSPS) is 14.4. The molecule has 4 rings (SSSR count). The van der Waals surface area contributed by atoms with Crippen LogP contribution in [0.3, 0.4) is 0 Å². The molecule has 2 heterocycles. The summed E-state index contributed by atoms with van der Waals surface area (Å²) >= 11 is 18.0. The van der Waals surface area contributed by atoms with Crippen LogP contribution in [-0.2, 0) is 10.5 Å². The summed E-state index contributed by atoms with van der Waals surface area (Å²) in [5, 5.41) is 2.29. The van der Waals surface area contributed by atoms with E-state index in [1.807, 2.05) is 0 Å². The molecule has 1 aliphatic carbocycles. The number of pyridine rings is 1. The third-order valence-corrected chi connectivity index (χ3v) is 6.76. The van der Waals surface area contributed by atoms with Crippen LogP contribution in [0.25, 0.3) is 16.8 Å². The zero-order chi connectivity index (χ0) is 29.1. The summed E-state index contributed by atoms with van der Waals surface area (Å²) in [7, 11) is 0. The summed E-state index contributed by atoms with van der Waals surface area (Å²) < 4.78 is 94.4. The molecule has 0 aliphatic heterocycles. The summed E-state index contributed by atoms with van der Waals surface area (Å²) in [6, 6.07) is 1.43. The average Bonchev–Trinajstić information content (AvgIpc) is 3.52. The van der Waals surface area contributed by atoms with E-state index in [0.29, 0.717) is 12.8 Å². The van der Waals surface area contributed by atoms with Gasteiger partial charge in [0.25, 0.3) is 5.91 Å². The van der Waals surface area contributed by atoms with Crippen LogP contribution in [0, 0.1) is 0 Å². The Kier molecular flexibility index (Phi) is 7.41. The molecule has 0 unspecified atom stereocenters. The first-order valence-corrected chi connectivity index (χ1v) is 12.0. The van der Waals surface area contributed by atoms with Gasteiger partial charge in [-0.1, -0.05) is 34.8 Å². The van der Waals surface area contributed by atoms with E-state index >= 15 is 0 Å². The Morgan fingerprint density at radius 1 is 0.923 bits per heavy atom. The Morgan fingerprint density at radius 3 is 1.97 bits per heavy atom. The van der Waals surface area contributed by atoms with Crippen molar-refractivity contribution in [2.45, 2.75) is 43.8 Å². The number of imide groups is 1. The second-order valence-corrected chi connectivity index (χ2v) is 9.78. The number of aromatic nitrogens is 3. The standard InChI is InChI=1S/C23H14Cl3F7N4O2/c1-10(38)37(14-2-3-14)20(39)15-4-11(7-34-19(15)26)12-8-35-36(9-12)18-16(24)5-13(6-17(18)25)21(27,22(28,29)30)23(31,32)33/h4-9,14H,2-3H2,1H3. The Balaban J connectivity index is 1.72. The maximum absolute atomic E-state index is 14.5. The minimum absolute atomic E-state index is 0.0805. The molecule has 0 bridgehead atoms. The van der Waals surface area contributed by atoms with Crippen LogP contribution in [0.1, 0.15) is 35.7 Å². The van der Waals surface area contributed by atoms with E-state index < -0.39 is 45.4 Å². The van der Waals surface area contributed by atoms with Crippen LogP contribution in [0.4, 0.5) is 30.7 Å². The van der Waals surface area contributed by atoms with Crippen LogP contribution in [0.2, 0.25) is 15.2 Å². The van der Waals surface area contributed by atoms with Crippen LogP contribution in [0.15, 0.2) is 36.8 Å². The van der Waals surface area contributed by atoms with Crippen molar-refractivity contribution in [3.8, 4) is 16.8 Å². The van der Waals surface area contributed by atoms with Gasteiger partial charge < -0.3 is 0 Å². The molecule has 0 N–H and O–H groups in total. The number of carbonyl (C=O) groups is 2. The molecular weight excluding hydrogens is 604 g/mol. The number of carbonyl (C=O) groups excluding carboxylic acids is 2. The molecule has 0 saturated heterocycles. The molecule has 1 saturated carbocycles. The zero-order valence-electron chi connectivity index (χ0n) is 19.3. The lowest BCUT2D eigenvalue weighted by Crippen LogP contribution is -2.50. The quantitative estimate of drug-likeness (QED) is 0.222. The second kappa shape index (κ2) is 9.93. The van der Waals surface area contributed by atoms with Crippen molar-refractivity contribution in [3.05, 3.63) is 63.1 Å². The first-order valence-electron chi connectivity index (χ1n) is 10.8. The molecule has 39 heavy (non-hydrogen) atoms. The highest BCUT2D eigenvalue weighted by Crippen LogP contribution is 2.54. The van der Waals surface area contributed by atoms with Gasteiger partial charge in [0, 0.05) is 42.0 Å². The summed E-state index contributed by atoms with van der Waals surface area (Å²) in [5.74, 6) is -1.14. The summed E-state index contributed by atoms with van der Waals surface area (Å²) in [6.07, 6.45) is -7.68. The molecule has 16 heteroatoms. The van der Waals surface area contributed by atoms with E-state index in [-0.39, 0.29) is 45.7 Å². The van der Waals surface area contributed by atoms with Crippen molar-refractivity contribution in [2.24, 2.45) is 0 Å². The van der Waals surface area contributed by atoms with Crippen LogP contribution in [-0.4, -0.2) is 49.9 Å². The molecule has 0 radical (unpaired) electrons. The number of alkyl halides is 7.